The first-order chi connectivity index (χ1) is 15.8. The standard InChI is InChI=1S/C24H27N7O/c1-16-20(30-10-12-32-13-11-30)8-9-21(27-16)28-24-25-14-17-6-7-18-15-26-31(19-4-2-3-5-19)23(18)22(17)29-24/h6-9,14-15,19H,2-5,10-13H2,1H3,(H,25,27,28,29). The lowest BCUT2D eigenvalue weighted by atomic mass is 10.1. The highest BCUT2D eigenvalue weighted by Crippen LogP contribution is 2.34. The zero-order chi connectivity index (χ0) is 21.5. The number of fused-ring (bicyclic) bond motifs is 3. The molecule has 4 aromatic rings. The molecule has 1 N–H and O–H groups in total. The number of aryl methyl sites for hydroxylation is 1. The van der Waals surface area contributed by atoms with Crippen molar-refractivity contribution in [3.05, 3.63) is 42.4 Å². The summed E-state index contributed by atoms with van der Waals surface area (Å²) in [5.41, 5.74) is 4.18. The van der Waals surface area contributed by atoms with Crippen LogP contribution in [-0.2, 0) is 4.74 Å². The molecule has 1 saturated heterocycles. The smallest absolute Gasteiger partial charge is 0.228 e. The van der Waals surface area contributed by atoms with E-state index in [9.17, 15) is 0 Å². The third kappa shape index (κ3) is 3.44. The van der Waals surface area contributed by atoms with Crippen molar-refractivity contribution in [2.45, 2.75) is 38.6 Å². The van der Waals surface area contributed by atoms with Crippen molar-refractivity contribution in [3.63, 3.8) is 0 Å². The molecule has 1 aliphatic heterocycles. The van der Waals surface area contributed by atoms with Gasteiger partial charge in [-0.2, -0.15) is 5.10 Å². The van der Waals surface area contributed by atoms with Crippen LogP contribution < -0.4 is 10.2 Å². The van der Waals surface area contributed by atoms with Crippen LogP contribution in [0.25, 0.3) is 21.8 Å². The van der Waals surface area contributed by atoms with Crippen LogP contribution in [0.3, 0.4) is 0 Å². The fourth-order valence-electron chi connectivity index (χ4n) is 4.99. The number of rotatable bonds is 4. The Labute approximate surface area is 186 Å². The van der Waals surface area contributed by atoms with Crippen LogP contribution in [0.15, 0.2) is 36.7 Å². The van der Waals surface area contributed by atoms with Gasteiger partial charge >= 0.3 is 0 Å². The molecule has 2 aliphatic rings. The molecular formula is C24H27N7O. The predicted molar refractivity (Wildman–Crippen MR) is 126 cm³/mol. The van der Waals surface area contributed by atoms with Gasteiger partial charge in [-0.15, -0.1) is 0 Å². The van der Waals surface area contributed by atoms with Crippen LogP contribution in [0, 0.1) is 6.92 Å². The molecular weight excluding hydrogens is 402 g/mol. The number of hydrogen-bond acceptors (Lipinski definition) is 7. The number of nitrogens with one attached hydrogen (secondary N) is 1. The van der Waals surface area contributed by atoms with Crippen molar-refractivity contribution >= 4 is 39.3 Å². The molecule has 1 saturated carbocycles. The molecule has 8 nitrogen and oxygen atoms in total. The van der Waals surface area contributed by atoms with Gasteiger partial charge < -0.3 is 15.0 Å². The van der Waals surface area contributed by atoms with Gasteiger partial charge in [0.15, 0.2) is 0 Å². The van der Waals surface area contributed by atoms with Gasteiger partial charge in [0.25, 0.3) is 0 Å². The molecule has 0 atom stereocenters. The summed E-state index contributed by atoms with van der Waals surface area (Å²) in [4.78, 5) is 16.5. The van der Waals surface area contributed by atoms with E-state index in [0.717, 1.165) is 65.3 Å². The van der Waals surface area contributed by atoms with Crippen molar-refractivity contribution < 1.29 is 4.74 Å². The summed E-state index contributed by atoms with van der Waals surface area (Å²) in [7, 11) is 0. The third-order valence-electron chi connectivity index (χ3n) is 6.63. The Morgan fingerprint density at radius 3 is 2.59 bits per heavy atom. The molecule has 0 amide bonds. The maximum atomic E-state index is 5.47. The molecule has 1 aliphatic carbocycles. The zero-order valence-corrected chi connectivity index (χ0v) is 18.3. The van der Waals surface area contributed by atoms with Gasteiger partial charge in [0.2, 0.25) is 5.95 Å². The maximum Gasteiger partial charge on any atom is 0.228 e. The van der Waals surface area contributed by atoms with Gasteiger partial charge in [0, 0.05) is 30.1 Å². The minimum absolute atomic E-state index is 0.460. The van der Waals surface area contributed by atoms with E-state index in [1.54, 1.807) is 0 Å². The molecule has 4 heterocycles. The molecule has 32 heavy (non-hydrogen) atoms. The molecule has 2 fully saturated rings. The van der Waals surface area contributed by atoms with Crippen LogP contribution in [0.5, 0.6) is 0 Å². The molecule has 0 bridgehead atoms. The Hall–Kier alpha value is -3.26. The molecule has 0 unspecified atom stereocenters. The lowest BCUT2D eigenvalue weighted by Gasteiger charge is -2.29. The fourth-order valence-corrected chi connectivity index (χ4v) is 4.99. The summed E-state index contributed by atoms with van der Waals surface area (Å²) in [5.74, 6) is 1.30. The van der Waals surface area contributed by atoms with E-state index in [-0.39, 0.29) is 0 Å². The van der Waals surface area contributed by atoms with Crippen LogP contribution in [0.2, 0.25) is 0 Å². The van der Waals surface area contributed by atoms with Crippen molar-refractivity contribution in [1.82, 2.24) is 24.7 Å². The number of morpholine rings is 1. The van der Waals surface area contributed by atoms with E-state index < -0.39 is 0 Å². The highest BCUT2D eigenvalue weighted by Gasteiger charge is 2.21. The second kappa shape index (κ2) is 8.02. The average molecular weight is 430 g/mol. The number of anilines is 3. The second-order valence-corrected chi connectivity index (χ2v) is 8.69. The van der Waals surface area contributed by atoms with Crippen LogP contribution in [0.1, 0.15) is 37.4 Å². The number of aromatic nitrogens is 5. The molecule has 164 valence electrons. The summed E-state index contributed by atoms with van der Waals surface area (Å²) in [5, 5.41) is 10.2. The summed E-state index contributed by atoms with van der Waals surface area (Å²) < 4.78 is 7.65. The maximum absolute atomic E-state index is 5.47. The highest BCUT2D eigenvalue weighted by molar-refractivity contribution is 6.03. The van der Waals surface area contributed by atoms with E-state index in [1.165, 1.54) is 25.7 Å². The number of nitrogens with zero attached hydrogens (tertiary/aromatic N) is 6. The second-order valence-electron chi connectivity index (χ2n) is 8.69. The van der Waals surface area contributed by atoms with E-state index in [1.807, 2.05) is 25.4 Å². The number of ether oxygens (including phenoxy) is 1. The van der Waals surface area contributed by atoms with E-state index in [4.69, 9.17) is 19.8 Å². The normalized spacial score (nSPS) is 17.5. The Kier molecular flexibility index (Phi) is 4.87. The van der Waals surface area contributed by atoms with E-state index in [0.29, 0.717) is 12.0 Å². The first-order valence-corrected chi connectivity index (χ1v) is 11.5. The first-order valence-electron chi connectivity index (χ1n) is 11.5. The van der Waals surface area contributed by atoms with Gasteiger partial charge in [0.05, 0.1) is 42.4 Å². The number of benzene rings is 1. The Morgan fingerprint density at radius 1 is 0.969 bits per heavy atom. The first kappa shape index (κ1) is 19.4. The van der Waals surface area contributed by atoms with Crippen LogP contribution >= 0.6 is 0 Å². The molecule has 0 spiro atoms. The summed E-state index contributed by atoms with van der Waals surface area (Å²) in [6.07, 6.45) is 8.74. The number of hydrogen-bond donors (Lipinski definition) is 1. The van der Waals surface area contributed by atoms with Gasteiger partial charge in [-0.25, -0.2) is 15.0 Å². The van der Waals surface area contributed by atoms with Crippen molar-refractivity contribution in [2.75, 3.05) is 36.5 Å². The quantitative estimate of drug-likeness (QED) is 0.516. The van der Waals surface area contributed by atoms with Crippen molar-refractivity contribution in [1.29, 1.82) is 0 Å². The largest absolute Gasteiger partial charge is 0.378 e. The lowest BCUT2D eigenvalue weighted by Crippen LogP contribution is -2.36. The Bertz CT molecular complexity index is 1270. The third-order valence-corrected chi connectivity index (χ3v) is 6.63. The molecule has 1 aromatic carbocycles. The summed E-state index contributed by atoms with van der Waals surface area (Å²) >= 11 is 0. The fraction of sp³-hybridized carbons (Fsp3) is 0.417. The van der Waals surface area contributed by atoms with E-state index >= 15 is 0 Å². The highest BCUT2D eigenvalue weighted by atomic mass is 16.5. The Morgan fingerprint density at radius 2 is 1.78 bits per heavy atom. The minimum Gasteiger partial charge on any atom is -0.378 e. The topological polar surface area (TPSA) is 81.0 Å². The van der Waals surface area contributed by atoms with Gasteiger partial charge in [0.1, 0.15) is 11.3 Å². The van der Waals surface area contributed by atoms with E-state index in [2.05, 4.69) is 38.1 Å². The Balaban J connectivity index is 1.34. The summed E-state index contributed by atoms with van der Waals surface area (Å²) in [6, 6.07) is 8.75. The predicted octanol–water partition coefficient (Wildman–Crippen LogP) is 4.38. The lowest BCUT2D eigenvalue weighted by molar-refractivity contribution is 0.122. The van der Waals surface area contributed by atoms with Crippen LogP contribution in [0.4, 0.5) is 17.5 Å². The SMILES string of the molecule is Cc1nc(Nc2ncc3ccc4cnn(C5CCCC5)c4c3n2)ccc1N1CCOCC1. The van der Waals surface area contributed by atoms with Crippen molar-refractivity contribution in [2.24, 2.45) is 0 Å². The molecule has 3 aromatic heterocycles. The van der Waals surface area contributed by atoms with Crippen LogP contribution in [-0.4, -0.2) is 51.0 Å². The van der Waals surface area contributed by atoms with Gasteiger partial charge in [-0.3, -0.25) is 4.68 Å². The molecule has 0 radical (unpaired) electrons. The monoisotopic (exact) mass is 429 g/mol. The minimum atomic E-state index is 0.460. The van der Waals surface area contributed by atoms with Gasteiger partial charge in [-0.1, -0.05) is 25.0 Å². The van der Waals surface area contributed by atoms with Gasteiger partial charge in [-0.05, 0) is 31.9 Å². The summed E-state index contributed by atoms with van der Waals surface area (Å²) in [6.45, 7) is 5.36. The molecule has 6 rings (SSSR count). The molecule has 8 heteroatoms. The van der Waals surface area contributed by atoms with Crippen molar-refractivity contribution in [3.8, 4) is 0 Å². The number of pyridine rings is 1. The average Bonchev–Trinajstić information content (AvgIpc) is 3.50. The zero-order valence-electron chi connectivity index (χ0n) is 18.3.